The topological polar surface area (TPSA) is 61.4 Å². The van der Waals surface area contributed by atoms with E-state index in [0.717, 1.165) is 5.56 Å². The molecular formula is C14H22N2O2. The third-order valence-corrected chi connectivity index (χ3v) is 2.68. The molecular weight excluding hydrogens is 228 g/mol. The third kappa shape index (κ3) is 5.19. The van der Waals surface area contributed by atoms with Crippen LogP contribution in [0.15, 0.2) is 30.3 Å². The van der Waals surface area contributed by atoms with Crippen LogP contribution >= 0.6 is 0 Å². The fraction of sp³-hybridized carbons (Fsp3) is 0.500. The quantitative estimate of drug-likeness (QED) is 0.721. The Kier molecular flexibility index (Phi) is 6.22. The molecule has 18 heavy (non-hydrogen) atoms. The molecule has 1 aromatic rings. The molecule has 1 atom stereocenters. The van der Waals surface area contributed by atoms with Gasteiger partial charge in [-0.3, -0.25) is 0 Å². The van der Waals surface area contributed by atoms with Gasteiger partial charge < -0.3 is 15.7 Å². The SMILES string of the molecule is CC(C)NC(=O)NCC(CCO)c1ccccc1. The van der Waals surface area contributed by atoms with Gasteiger partial charge in [0.05, 0.1) is 0 Å². The van der Waals surface area contributed by atoms with Crippen molar-refractivity contribution in [3.05, 3.63) is 35.9 Å². The molecule has 0 saturated heterocycles. The molecule has 0 saturated carbocycles. The van der Waals surface area contributed by atoms with Gasteiger partial charge in [0.1, 0.15) is 0 Å². The van der Waals surface area contributed by atoms with Gasteiger partial charge in [0.25, 0.3) is 0 Å². The monoisotopic (exact) mass is 250 g/mol. The van der Waals surface area contributed by atoms with Gasteiger partial charge in [-0.2, -0.15) is 0 Å². The van der Waals surface area contributed by atoms with E-state index in [2.05, 4.69) is 10.6 Å². The van der Waals surface area contributed by atoms with Gasteiger partial charge in [-0.1, -0.05) is 30.3 Å². The fourth-order valence-corrected chi connectivity index (χ4v) is 1.80. The van der Waals surface area contributed by atoms with E-state index < -0.39 is 0 Å². The smallest absolute Gasteiger partial charge is 0.315 e. The van der Waals surface area contributed by atoms with Crippen molar-refractivity contribution in [1.82, 2.24) is 10.6 Å². The lowest BCUT2D eigenvalue weighted by Gasteiger charge is -2.18. The number of amides is 2. The van der Waals surface area contributed by atoms with Crippen molar-refractivity contribution in [2.24, 2.45) is 0 Å². The number of carbonyl (C=O) groups excluding carboxylic acids is 1. The largest absolute Gasteiger partial charge is 0.396 e. The Hall–Kier alpha value is -1.55. The van der Waals surface area contributed by atoms with E-state index in [1.165, 1.54) is 0 Å². The molecule has 1 rings (SSSR count). The lowest BCUT2D eigenvalue weighted by Crippen LogP contribution is -2.41. The Morgan fingerprint density at radius 3 is 2.50 bits per heavy atom. The van der Waals surface area contributed by atoms with E-state index in [-0.39, 0.29) is 24.6 Å². The van der Waals surface area contributed by atoms with Crippen LogP contribution in [0.5, 0.6) is 0 Å². The highest BCUT2D eigenvalue weighted by molar-refractivity contribution is 5.74. The van der Waals surface area contributed by atoms with Crippen LogP contribution in [0.3, 0.4) is 0 Å². The molecule has 0 fully saturated rings. The summed E-state index contributed by atoms with van der Waals surface area (Å²) in [5, 5.41) is 14.7. The molecule has 4 nitrogen and oxygen atoms in total. The highest BCUT2D eigenvalue weighted by Gasteiger charge is 2.12. The van der Waals surface area contributed by atoms with E-state index >= 15 is 0 Å². The second-order valence-electron chi connectivity index (χ2n) is 4.63. The molecule has 0 heterocycles. The first-order valence-electron chi connectivity index (χ1n) is 6.33. The van der Waals surface area contributed by atoms with E-state index in [4.69, 9.17) is 5.11 Å². The second kappa shape index (κ2) is 7.71. The Bertz CT molecular complexity index is 352. The summed E-state index contributed by atoms with van der Waals surface area (Å²) in [6.45, 7) is 4.49. The standard InChI is InChI=1S/C14H22N2O2/c1-11(2)16-14(18)15-10-13(8-9-17)12-6-4-3-5-7-12/h3-7,11,13,17H,8-10H2,1-2H3,(H2,15,16,18). The first kappa shape index (κ1) is 14.5. The van der Waals surface area contributed by atoms with Crippen molar-refractivity contribution in [3.8, 4) is 0 Å². The highest BCUT2D eigenvalue weighted by Crippen LogP contribution is 2.17. The number of benzene rings is 1. The molecule has 0 radical (unpaired) electrons. The van der Waals surface area contributed by atoms with Crippen LogP contribution in [0, 0.1) is 0 Å². The number of rotatable bonds is 6. The lowest BCUT2D eigenvalue weighted by molar-refractivity contribution is 0.235. The highest BCUT2D eigenvalue weighted by atomic mass is 16.3. The van der Waals surface area contributed by atoms with Gasteiger partial charge in [-0.25, -0.2) is 4.79 Å². The number of hydrogen-bond donors (Lipinski definition) is 3. The van der Waals surface area contributed by atoms with Crippen LogP contribution in [0.25, 0.3) is 0 Å². The molecule has 3 N–H and O–H groups in total. The number of carbonyl (C=O) groups is 1. The minimum absolute atomic E-state index is 0.118. The van der Waals surface area contributed by atoms with Crippen molar-refractivity contribution in [1.29, 1.82) is 0 Å². The Morgan fingerprint density at radius 1 is 1.28 bits per heavy atom. The maximum Gasteiger partial charge on any atom is 0.315 e. The molecule has 0 aromatic heterocycles. The van der Waals surface area contributed by atoms with E-state index in [1.54, 1.807) is 0 Å². The van der Waals surface area contributed by atoms with E-state index in [9.17, 15) is 4.79 Å². The predicted molar refractivity (Wildman–Crippen MR) is 72.6 cm³/mol. The zero-order chi connectivity index (χ0) is 13.4. The van der Waals surface area contributed by atoms with Crippen LogP contribution < -0.4 is 10.6 Å². The molecule has 2 amide bonds. The average Bonchev–Trinajstić information content (AvgIpc) is 2.34. The lowest BCUT2D eigenvalue weighted by atomic mass is 9.96. The Balaban J connectivity index is 2.51. The summed E-state index contributed by atoms with van der Waals surface area (Å²) in [6.07, 6.45) is 0.645. The van der Waals surface area contributed by atoms with Gasteiger partial charge in [-0.05, 0) is 25.8 Å². The van der Waals surface area contributed by atoms with Crippen LogP contribution in [-0.2, 0) is 0 Å². The summed E-state index contributed by atoms with van der Waals surface area (Å²) in [7, 11) is 0. The van der Waals surface area contributed by atoms with Crippen molar-refractivity contribution in [3.63, 3.8) is 0 Å². The first-order chi connectivity index (χ1) is 8.63. The molecule has 1 unspecified atom stereocenters. The van der Waals surface area contributed by atoms with Crippen LogP contribution in [0.4, 0.5) is 4.79 Å². The Labute approximate surface area is 108 Å². The summed E-state index contributed by atoms with van der Waals surface area (Å²) in [5.74, 6) is 0.147. The van der Waals surface area contributed by atoms with Gasteiger partial charge in [0.15, 0.2) is 0 Å². The minimum Gasteiger partial charge on any atom is -0.396 e. The van der Waals surface area contributed by atoms with Gasteiger partial charge in [0, 0.05) is 25.1 Å². The fourth-order valence-electron chi connectivity index (χ4n) is 1.80. The summed E-state index contributed by atoms with van der Waals surface area (Å²) in [5.41, 5.74) is 1.14. The number of urea groups is 1. The zero-order valence-electron chi connectivity index (χ0n) is 11.0. The van der Waals surface area contributed by atoms with Crippen molar-refractivity contribution in [2.45, 2.75) is 32.2 Å². The molecule has 0 aliphatic rings. The van der Waals surface area contributed by atoms with Crippen LogP contribution in [-0.4, -0.2) is 30.3 Å². The average molecular weight is 250 g/mol. The summed E-state index contributed by atoms with van der Waals surface area (Å²) in [4.78, 5) is 11.5. The van der Waals surface area contributed by atoms with Crippen molar-refractivity contribution >= 4 is 6.03 Å². The zero-order valence-corrected chi connectivity index (χ0v) is 11.0. The number of aliphatic hydroxyl groups is 1. The Morgan fingerprint density at radius 2 is 1.94 bits per heavy atom. The van der Waals surface area contributed by atoms with Gasteiger partial charge in [0.2, 0.25) is 0 Å². The molecule has 0 bridgehead atoms. The van der Waals surface area contributed by atoms with E-state index in [1.807, 2.05) is 44.2 Å². The molecule has 1 aromatic carbocycles. The maximum atomic E-state index is 11.5. The van der Waals surface area contributed by atoms with Crippen molar-refractivity contribution in [2.75, 3.05) is 13.2 Å². The maximum absolute atomic E-state index is 11.5. The molecule has 100 valence electrons. The molecule has 4 heteroatoms. The number of nitrogens with one attached hydrogen (secondary N) is 2. The van der Waals surface area contributed by atoms with Gasteiger partial charge >= 0.3 is 6.03 Å². The van der Waals surface area contributed by atoms with Crippen LogP contribution in [0.1, 0.15) is 31.7 Å². The molecule has 0 spiro atoms. The number of aliphatic hydroxyl groups excluding tert-OH is 1. The second-order valence-corrected chi connectivity index (χ2v) is 4.63. The van der Waals surface area contributed by atoms with E-state index in [0.29, 0.717) is 13.0 Å². The normalized spacial score (nSPS) is 12.2. The summed E-state index contributed by atoms with van der Waals surface area (Å²) < 4.78 is 0. The number of hydrogen-bond acceptors (Lipinski definition) is 2. The predicted octanol–water partition coefficient (Wildman–Crippen LogP) is 1.86. The summed E-state index contributed by atoms with van der Waals surface area (Å²) >= 11 is 0. The van der Waals surface area contributed by atoms with Crippen molar-refractivity contribution < 1.29 is 9.90 Å². The van der Waals surface area contributed by atoms with Crippen LogP contribution in [0.2, 0.25) is 0 Å². The first-order valence-corrected chi connectivity index (χ1v) is 6.33. The third-order valence-electron chi connectivity index (χ3n) is 2.68. The molecule has 0 aliphatic carbocycles. The van der Waals surface area contributed by atoms with Gasteiger partial charge in [-0.15, -0.1) is 0 Å². The summed E-state index contributed by atoms with van der Waals surface area (Å²) in [6, 6.07) is 9.88. The minimum atomic E-state index is -0.163. The molecule has 0 aliphatic heterocycles.